The zero-order valence-electron chi connectivity index (χ0n) is 24.2. The maximum Gasteiger partial charge on any atom is 0.315 e. The molecule has 3 saturated heterocycles. The number of rotatable bonds is 11. The van der Waals surface area contributed by atoms with E-state index in [4.69, 9.17) is 14.1 Å². The molecule has 0 aliphatic carbocycles. The van der Waals surface area contributed by atoms with Crippen molar-refractivity contribution in [1.29, 1.82) is 0 Å². The number of anilines is 1. The number of carbonyl (C=O) groups is 1. The van der Waals surface area contributed by atoms with Crippen LogP contribution in [0.3, 0.4) is 0 Å². The first kappa shape index (κ1) is 28.6. The monoisotopic (exact) mass is 575 g/mol. The van der Waals surface area contributed by atoms with Gasteiger partial charge in [0.15, 0.2) is 31.5 Å². The standard InChI is InChI=1S/C27H45N7O3SSi/c1-7-17-13-19(37-39(5,6)27(2,3)4)25(36-17)34-16-31-22-23(29-15-30-24(22)34)28-12-10-8-9-11-20-21-18(14-38-20)32-26(35)33-21/h15-21,25H,7-14H2,1-6H3,(H,28,29,30)(H2,32,33,35)/t17-,18+,19?,20+,21+,25-/m1/s1. The molecule has 2 amide bonds. The van der Waals surface area contributed by atoms with Crippen LogP contribution in [0.1, 0.15) is 72.4 Å². The van der Waals surface area contributed by atoms with Crippen molar-refractivity contribution in [2.45, 2.75) is 120 Å². The summed E-state index contributed by atoms with van der Waals surface area (Å²) in [5, 5.41) is 10.2. The van der Waals surface area contributed by atoms with Crippen molar-refractivity contribution < 1.29 is 14.0 Å². The molecule has 0 aromatic carbocycles. The van der Waals surface area contributed by atoms with Gasteiger partial charge in [-0.25, -0.2) is 19.7 Å². The Morgan fingerprint density at radius 3 is 2.79 bits per heavy atom. The highest BCUT2D eigenvalue weighted by atomic mass is 32.2. The maximum atomic E-state index is 11.6. The van der Waals surface area contributed by atoms with Gasteiger partial charge in [0.1, 0.15) is 6.33 Å². The highest BCUT2D eigenvalue weighted by Gasteiger charge is 2.45. The number of carbonyl (C=O) groups excluding carboxylic acids is 1. The lowest BCUT2D eigenvalue weighted by molar-refractivity contribution is -0.0320. The van der Waals surface area contributed by atoms with Crippen molar-refractivity contribution in [3.8, 4) is 0 Å². The van der Waals surface area contributed by atoms with Crippen LogP contribution in [-0.4, -0.2) is 75.7 Å². The van der Waals surface area contributed by atoms with Crippen molar-refractivity contribution in [3.05, 3.63) is 12.7 Å². The summed E-state index contributed by atoms with van der Waals surface area (Å²) in [6.45, 7) is 14.4. The average molecular weight is 576 g/mol. The summed E-state index contributed by atoms with van der Waals surface area (Å²) in [5.74, 6) is 1.78. The third-order valence-corrected chi connectivity index (χ3v) is 14.9. The largest absolute Gasteiger partial charge is 0.409 e. The Morgan fingerprint density at radius 1 is 1.21 bits per heavy atom. The second kappa shape index (κ2) is 11.5. The van der Waals surface area contributed by atoms with Gasteiger partial charge in [-0.2, -0.15) is 11.8 Å². The number of fused-ring (bicyclic) bond motifs is 2. The molecule has 3 fully saturated rings. The summed E-state index contributed by atoms with van der Waals surface area (Å²) in [5.41, 5.74) is 1.54. The van der Waals surface area contributed by atoms with E-state index in [1.807, 2.05) is 22.7 Å². The molecule has 3 aliphatic heterocycles. The Bertz CT molecular complexity index is 1160. The highest BCUT2D eigenvalue weighted by molar-refractivity contribution is 8.00. The number of aromatic nitrogens is 4. The molecule has 2 aromatic rings. The van der Waals surface area contributed by atoms with Gasteiger partial charge in [-0.3, -0.25) is 4.57 Å². The highest BCUT2D eigenvalue weighted by Crippen LogP contribution is 2.42. The number of nitrogens with one attached hydrogen (secondary N) is 3. The number of imidazole rings is 1. The minimum absolute atomic E-state index is 0.0126. The zero-order valence-corrected chi connectivity index (χ0v) is 26.0. The number of hydrogen-bond donors (Lipinski definition) is 3. The first-order valence-corrected chi connectivity index (χ1v) is 18.5. The van der Waals surface area contributed by atoms with Crippen LogP contribution in [0.4, 0.5) is 10.6 Å². The fraction of sp³-hybridized carbons (Fsp3) is 0.778. The van der Waals surface area contributed by atoms with Gasteiger partial charge in [-0.05, 0) is 37.4 Å². The molecule has 10 nitrogen and oxygen atoms in total. The molecule has 0 saturated carbocycles. The van der Waals surface area contributed by atoms with Crippen LogP contribution >= 0.6 is 11.8 Å². The topological polar surface area (TPSA) is 115 Å². The molecule has 0 bridgehead atoms. The van der Waals surface area contributed by atoms with Gasteiger partial charge < -0.3 is 25.1 Å². The fourth-order valence-electron chi connectivity index (χ4n) is 5.55. The van der Waals surface area contributed by atoms with Gasteiger partial charge in [0.2, 0.25) is 0 Å². The number of nitrogens with zero attached hydrogens (tertiary/aromatic N) is 4. The molecule has 3 N–H and O–H groups in total. The normalized spacial score (nSPS) is 29.0. The van der Waals surface area contributed by atoms with Gasteiger partial charge in [0, 0.05) is 24.0 Å². The average Bonchev–Trinajstić information content (AvgIpc) is 3.64. The Kier molecular flexibility index (Phi) is 8.47. The Hall–Kier alpha value is -1.89. The maximum absolute atomic E-state index is 11.6. The molecular weight excluding hydrogens is 530 g/mol. The quantitative estimate of drug-likeness (QED) is 0.194. The molecule has 6 atom stereocenters. The van der Waals surface area contributed by atoms with E-state index in [0.29, 0.717) is 11.3 Å². The van der Waals surface area contributed by atoms with Crippen molar-refractivity contribution in [2.24, 2.45) is 0 Å². The second-order valence-electron chi connectivity index (χ2n) is 12.7. The van der Waals surface area contributed by atoms with Crippen LogP contribution in [0.25, 0.3) is 11.2 Å². The summed E-state index contributed by atoms with van der Waals surface area (Å²) in [4.78, 5) is 25.4. The number of urea groups is 1. The van der Waals surface area contributed by atoms with E-state index >= 15 is 0 Å². The number of ether oxygens (including phenoxy) is 1. The smallest absolute Gasteiger partial charge is 0.315 e. The molecular formula is C27H45N7O3SSi. The lowest BCUT2D eigenvalue weighted by Crippen LogP contribution is -2.45. The number of amides is 2. The summed E-state index contributed by atoms with van der Waals surface area (Å²) >= 11 is 1.98. The van der Waals surface area contributed by atoms with Gasteiger partial charge in [-0.1, -0.05) is 40.5 Å². The number of hydrogen-bond acceptors (Lipinski definition) is 8. The molecule has 5 rings (SSSR count). The summed E-state index contributed by atoms with van der Waals surface area (Å²) < 4.78 is 15.4. The molecule has 1 unspecified atom stereocenters. The first-order chi connectivity index (χ1) is 18.6. The Balaban J connectivity index is 1.17. The van der Waals surface area contributed by atoms with Gasteiger partial charge in [0.25, 0.3) is 0 Å². The van der Waals surface area contributed by atoms with Gasteiger partial charge in [-0.15, -0.1) is 0 Å². The van der Waals surface area contributed by atoms with Crippen molar-refractivity contribution in [3.63, 3.8) is 0 Å². The van der Waals surface area contributed by atoms with Crippen LogP contribution in [0.5, 0.6) is 0 Å². The number of thioether (sulfide) groups is 1. The van der Waals surface area contributed by atoms with Gasteiger partial charge in [0.05, 0.1) is 30.6 Å². The lowest BCUT2D eigenvalue weighted by atomic mass is 10.0. The summed E-state index contributed by atoms with van der Waals surface area (Å²) in [7, 11) is -1.97. The van der Waals surface area contributed by atoms with E-state index in [1.165, 1.54) is 0 Å². The molecule has 5 heterocycles. The lowest BCUT2D eigenvalue weighted by Gasteiger charge is -2.39. The third-order valence-electron chi connectivity index (χ3n) is 8.88. The zero-order chi connectivity index (χ0) is 27.8. The van der Waals surface area contributed by atoms with E-state index in [-0.39, 0.29) is 35.5 Å². The Labute approximate surface area is 237 Å². The molecule has 0 radical (unpaired) electrons. The number of unbranched alkanes of at least 4 members (excludes halogenated alkanes) is 2. The van der Waals surface area contributed by atoms with Gasteiger partial charge >= 0.3 is 6.03 Å². The van der Waals surface area contributed by atoms with E-state index in [9.17, 15) is 4.79 Å². The summed E-state index contributed by atoms with van der Waals surface area (Å²) in [6.07, 6.45) is 9.63. The van der Waals surface area contributed by atoms with Crippen molar-refractivity contribution >= 4 is 43.1 Å². The fourth-order valence-corrected chi connectivity index (χ4v) is 8.42. The van der Waals surface area contributed by atoms with Crippen molar-refractivity contribution in [1.82, 2.24) is 30.2 Å². The molecule has 3 aliphatic rings. The van der Waals surface area contributed by atoms with Crippen LogP contribution in [0.15, 0.2) is 12.7 Å². The van der Waals surface area contributed by atoms with Crippen LogP contribution in [0, 0.1) is 0 Å². The van der Waals surface area contributed by atoms with Crippen LogP contribution < -0.4 is 16.0 Å². The molecule has 0 spiro atoms. The summed E-state index contributed by atoms with van der Waals surface area (Å²) in [6, 6.07) is 0.570. The molecule has 39 heavy (non-hydrogen) atoms. The van der Waals surface area contributed by atoms with E-state index < -0.39 is 8.32 Å². The predicted octanol–water partition coefficient (Wildman–Crippen LogP) is 5.05. The van der Waals surface area contributed by atoms with E-state index in [1.54, 1.807) is 6.33 Å². The van der Waals surface area contributed by atoms with E-state index in [2.05, 4.69) is 66.7 Å². The predicted molar refractivity (Wildman–Crippen MR) is 159 cm³/mol. The first-order valence-electron chi connectivity index (χ1n) is 14.5. The minimum atomic E-state index is -1.97. The molecule has 2 aromatic heterocycles. The SMILES string of the molecule is CC[C@@H]1CC(O[Si](C)(C)C(C)(C)C)[C@H](n2cnc3c(NCCCCC[C@@H]4SC[C@@H]5NC(=O)N[C@@H]54)ncnc32)O1. The Morgan fingerprint density at radius 2 is 2.03 bits per heavy atom. The van der Waals surface area contributed by atoms with E-state index in [0.717, 1.165) is 67.8 Å². The molecule has 12 heteroatoms. The van der Waals surface area contributed by atoms with Crippen molar-refractivity contribution in [2.75, 3.05) is 17.6 Å². The second-order valence-corrected chi connectivity index (χ2v) is 18.7. The van der Waals surface area contributed by atoms with Crippen LogP contribution in [-0.2, 0) is 9.16 Å². The minimum Gasteiger partial charge on any atom is -0.409 e. The third kappa shape index (κ3) is 6.08. The van der Waals surface area contributed by atoms with Crippen LogP contribution in [0.2, 0.25) is 18.1 Å². The molecule has 216 valence electrons.